The van der Waals surface area contributed by atoms with Crippen LogP contribution < -0.4 is 11.1 Å². The Labute approximate surface area is 120 Å². The number of nitrogen functional groups attached to an aromatic ring is 1. The molecule has 20 heavy (non-hydrogen) atoms. The quantitative estimate of drug-likeness (QED) is 0.831. The van der Waals surface area contributed by atoms with E-state index in [9.17, 15) is 9.18 Å². The van der Waals surface area contributed by atoms with Crippen molar-refractivity contribution >= 4 is 28.6 Å². The van der Waals surface area contributed by atoms with E-state index in [1.54, 1.807) is 11.3 Å². The van der Waals surface area contributed by atoms with E-state index in [4.69, 9.17) is 5.73 Å². The van der Waals surface area contributed by atoms with Crippen molar-refractivity contribution in [3.05, 3.63) is 45.9 Å². The Balaban J connectivity index is 1.83. The fourth-order valence-corrected chi connectivity index (χ4v) is 3.60. The summed E-state index contributed by atoms with van der Waals surface area (Å²) in [5.41, 5.74) is 7.29. The zero-order valence-electron chi connectivity index (χ0n) is 10.9. The lowest BCUT2D eigenvalue weighted by molar-refractivity contribution is -0.117. The number of hydrogen-bond donors (Lipinski definition) is 2. The normalized spacial score (nSPS) is 17.6. The molecule has 0 radical (unpaired) electrons. The van der Waals surface area contributed by atoms with E-state index < -0.39 is 5.82 Å². The van der Waals surface area contributed by atoms with Crippen molar-refractivity contribution in [2.75, 3.05) is 11.1 Å². The van der Waals surface area contributed by atoms with Crippen LogP contribution in [0.3, 0.4) is 0 Å². The van der Waals surface area contributed by atoms with Gasteiger partial charge in [0.25, 0.3) is 0 Å². The Bertz CT molecular complexity index is 653. The van der Waals surface area contributed by atoms with Crippen LogP contribution >= 0.6 is 11.3 Å². The summed E-state index contributed by atoms with van der Waals surface area (Å²) in [7, 11) is 0. The van der Waals surface area contributed by atoms with Crippen LogP contribution in [0.25, 0.3) is 0 Å². The molecule has 104 valence electrons. The molecule has 1 aliphatic rings. The molecule has 1 aliphatic carbocycles. The third-order valence-corrected chi connectivity index (χ3v) is 4.61. The van der Waals surface area contributed by atoms with Gasteiger partial charge in [-0.2, -0.15) is 0 Å². The van der Waals surface area contributed by atoms with Crippen LogP contribution in [0, 0.1) is 5.82 Å². The Kier molecular flexibility index (Phi) is 3.44. The molecule has 3 N–H and O–H groups in total. The van der Waals surface area contributed by atoms with Crippen LogP contribution in [0.5, 0.6) is 0 Å². The van der Waals surface area contributed by atoms with Crippen molar-refractivity contribution in [3.8, 4) is 0 Å². The highest BCUT2D eigenvalue weighted by Crippen LogP contribution is 2.35. The molecule has 3 nitrogen and oxygen atoms in total. The van der Waals surface area contributed by atoms with Crippen LogP contribution in [-0.4, -0.2) is 5.91 Å². The summed E-state index contributed by atoms with van der Waals surface area (Å²) >= 11 is 1.68. The number of amides is 1. The first-order chi connectivity index (χ1) is 9.65. The fourth-order valence-electron chi connectivity index (χ4n) is 2.62. The van der Waals surface area contributed by atoms with Gasteiger partial charge in [0.15, 0.2) is 0 Å². The minimum atomic E-state index is -0.464. The van der Waals surface area contributed by atoms with E-state index in [0.29, 0.717) is 5.69 Å². The third-order valence-electron chi connectivity index (χ3n) is 3.62. The summed E-state index contributed by atoms with van der Waals surface area (Å²) in [6, 6.07) is 6.19. The summed E-state index contributed by atoms with van der Waals surface area (Å²) < 4.78 is 13.7. The van der Waals surface area contributed by atoms with E-state index >= 15 is 0 Å². The highest BCUT2D eigenvalue weighted by molar-refractivity contribution is 7.10. The topological polar surface area (TPSA) is 55.1 Å². The number of aryl methyl sites for hydroxylation is 1. The number of nitrogens with one attached hydrogen (secondary N) is 1. The van der Waals surface area contributed by atoms with Crippen molar-refractivity contribution in [2.45, 2.75) is 25.2 Å². The maximum absolute atomic E-state index is 13.7. The maximum atomic E-state index is 13.7. The molecule has 5 heteroatoms. The molecule has 1 aromatic heterocycles. The number of hydrogen-bond acceptors (Lipinski definition) is 3. The minimum absolute atomic E-state index is 0.150. The van der Waals surface area contributed by atoms with Gasteiger partial charge < -0.3 is 11.1 Å². The molecule has 3 rings (SSSR count). The summed E-state index contributed by atoms with van der Waals surface area (Å²) in [4.78, 5) is 13.6. The van der Waals surface area contributed by atoms with Crippen LogP contribution in [0.2, 0.25) is 0 Å². The number of benzene rings is 1. The van der Waals surface area contributed by atoms with Gasteiger partial charge in [0.1, 0.15) is 5.82 Å². The molecule has 1 aromatic carbocycles. The lowest BCUT2D eigenvalue weighted by Crippen LogP contribution is -2.24. The van der Waals surface area contributed by atoms with Gasteiger partial charge in [0, 0.05) is 10.6 Å². The zero-order chi connectivity index (χ0) is 14.1. The second-order valence-electron chi connectivity index (χ2n) is 4.97. The highest BCUT2D eigenvalue weighted by atomic mass is 32.1. The number of rotatable bonds is 2. The fraction of sp³-hybridized carbons (Fsp3) is 0.267. The SMILES string of the molecule is Nc1ccc(F)c(NC(=O)C2CCCc3sccc32)c1. The molecular weight excluding hydrogens is 275 g/mol. The average Bonchev–Trinajstić information content (AvgIpc) is 2.91. The van der Waals surface area contributed by atoms with E-state index in [1.165, 1.54) is 23.1 Å². The van der Waals surface area contributed by atoms with Crippen LogP contribution in [0.15, 0.2) is 29.6 Å². The van der Waals surface area contributed by atoms with Crippen molar-refractivity contribution in [3.63, 3.8) is 0 Å². The number of carbonyl (C=O) groups is 1. The van der Waals surface area contributed by atoms with Gasteiger partial charge in [0.2, 0.25) is 5.91 Å². The molecule has 0 saturated carbocycles. The van der Waals surface area contributed by atoms with Gasteiger partial charge in [-0.3, -0.25) is 4.79 Å². The highest BCUT2D eigenvalue weighted by Gasteiger charge is 2.27. The van der Waals surface area contributed by atoms with Crippen LogP contribution in [0.1, 0.15) is 29.2 Å². The van der Waals surface area contributed by atoms with E-state index in [1.807, 2.05) is 11.4 Å². The second kappa shape index (κ2) is 5.25. The molecule has 0 aliphatic heterocycles. The van der Waals surface area contributed by atoms with Crippen LogP contribution in [0.4, 0.5) is 15.8 Å². The first kappa shape index (κ1) is 13.1. The van der Waals surface area contributed by atoms with Gasteiger partial charge in [-0.05, 0) is 54.5 Å². The summed E-state index contributed by atoms with van der Waals surface area (Å²) in [5, 5.41) is 4.67. The summed E-state index contributed by atoms with van der Waals surface area (Å²) in [6.45, 7) is 0. The van der Waals surface area contributed by atoms with Crippen molar-refractivity contribution < 1.29 is 9.18 Å². The van der Waals surface area contributed by atoms with E-state index in [0.717, 1.165) is 24.8 Å². The predicted octanol–water partition coefficient (Wildman–Crippen LogP) is 3.53. The number of nitrogens with two attached hydrogens (primary N) is 1. The Morgan fingerprint density at radius 2 is 2.25 bits per heavy atom. The molecule has 0 bridgehead atoms. The number of anilines is 2. The average molecular weight is 290 g/mol. The number of thiophene rings is 1. The monoisotopic (exact) mass is 290 g/mol. The molecule has 1 unspecified atom stereocenters. The van der Waals surface area contributed by atoms with Crippen LogP contribution in [-0.2, 0) is 11.2 Å². The maximum Gasteiger partial charge on any atom is 0.232 e. The second-order valence-corrected chi connectivity index (χ2v) is 5.97. The Morgan fingerprint density at radius 3 is 3.10 bits per heavy atom. The first-order valence-corrected chi connectivity index (χ1v) is 7.45. The molecule has 0 saturated heterocycles. The lowest BCUT2D eigenvalue weighted by atomic mass is 9.87. The number of carbonyl (C=O) groups excluding carboxylic acids is 1. The third kappa shape index (κ3) is 2.41. The van der Waals surface area contributed by atoms with Gasteiger partial charge in [-0.25, -0.2) is 4.39 Å². The van der Waals surface area contributed by atoms with Crippen molar-refractivity contribution in [1.82, 2.24) is 0 Å². The first-order valence-electron chi connectivity index (χ1n) is 6.57. The molecule has 1 amide bonds. The van der Waals surface area contributed by atoms with Gasteiger partial charge in [-0.1, -0.05) is 0 Å². The number of halogens is 1. The zero-order valence-corrected chi connectivity index (χ0v) is 11.7. The smallest absolute Gasteiger partial charge is 0.232 e. The Hall–Kier alpha value is -1.88. The van der Waals surface area contributed by atoms with Crippen molar-refractivity contribution in [2.24, 2.45) is 0 Å². The predicted molar refractivity (Wildman–Crippen MR) is 79.4 cm³/mol. The standard InChI is InChI=1S/C15H15FN2OS/c16-12-5-4-9(17)8-13(12)18-15(19)11-2-1-3-14-10(11)6-7-20-14/h4-8,11H,1-3,17H2,(H,18,19). The molecule has 1 heterocycles. The van der Waals surface area contributed by atoms with Gasteiger partial charge in [0.05, 0.1) is 11.6 Å². The summed E-state index contributed by atoms with van der Waals surface area (Å²) in [5.74, 6) is -0.811. The van der Waals surface area contributed by atoms with E-state index in [-0.39, 0.29) is 17.5 Å². The molecule has 0 spiro atoms. The summed E-state index contributed by atoms with van der Waals surface area (Å²) in [6.07, 6.45) is 2.83. The molecule has 1 atom stereocenters. The molecule has 0 fully saturated rings. The number of fused-ring (bicyclic) bond motifs is 1. The Morgan fingerprint density at radius 1 is 1.40 bits per heavy atom. The lowest BCUT2D eigenvalue weighted by Gasteiger charge is -2.22. The van der Waals surface area contributed by atoms with E-state index in [2.05, 4.69) is 5.32 Å². The minimum Gasteiger partial charge on any atom is -0.399 e. The van der Waals surface area contributed by atoms with Crippen molar-refractivity contribution in [1.29, 1.82) is 0 Å². The largest absolute Gasteiger partial charge is 0.399 e. The van der Waals surface area contributed by atoms with Gasteiger partial charge >= 0.3 is 0 Å². The van der Waals surface area contributed by atoms with Gasteiger partial charge in [-0.15, -0.1) is 11.3 Å². The molecule has 2 aromatic rings. The molecular formula is C15H15FN2OS.